The molecule has 16 heavy (non-hydrogen) atoms. The summed E-state index contributed by atoms with van der Waals surface area (Å²) >= 11 is 0. The molecule has 0 aromatic carbocycles. The number of unbranched alkanes of at least 4 members (excludes halogenated alkanes) is 1. The average molecular weight is 232 g/mol. The maximum atomic E-state index is 9.38. The molecule has 0 spiro atoms. The van der Waals surface area contributed by atoms with E-state index in [1.54, 1.807) is 6.08 Å². The fourth-order valence-electron chi connectivity index (χ4n) is 1.08. The summed E-state index contributed by atoms with van der Waals surface area (Å²) in [6, 6.07) is 0. The van der Waals surface area contributed by atoms with Gasteiger partial charge in [-0.15, -0.1) is 6.58 Å². The summed E-state index contributed by atoms with van der Waals surface area (Å²) in [5.74, 6) is -2.10. The van der Waals surface area contributed by atoms with Gasteiger partial charge in [0.25, 0.3) is 0 Å². The Morgan fingerprint density at radius 3 is 2.06 bits per heavy atom. The minimum Gasteiger partial charge on any atom is -0.450 e. The van der Waals surface area contributed by atoms with Crippen molar-refractivity contribution in [1.29, 1.82) is 0 Å². The fraction of sp³-hybridized carbons (Fsp3) is 0.545. The Kier molecular flexibility index (Phi) is 9.54. The van der Waals surface area contributed by atoms with Crippen LogP contribution < -0.4 is 0 Å². The lowest BCUT2D eigenvalue weighted by Crippen LogP contribution is -2.33. The normalized spacial score (nSPS) is 11.9. The molecular weight excluding hydrogens is 212 g/mol. The minimum absolute atomic E-state index is 0.310. The summed E-state index contributed by atoms with van der Waals surface area (Å²) in [7, 11) is 0. The maximum absolute atomic E-state index is 9.38. The molecule has 5 heteroatoms. The molecule has 0 radical (unpaired) electrons. The first kappa shape index (κ1) is 17.1. The summed E-state index contributed by atoms with van der Waals surface area (Å²) in [6.45, 7) is 8.98. The molecule has 0 aromatic rings. The van der Waals surface area contributed by atoms with E-state index in [9.17, 15) is 10.2 Å². The van der Waals surface area contributed by atoms with Crippen molar-refractivity contribution in [3.05, 3.63) is 25.3 Å². The number of hydrogen-bond acceptors (Lipinski definition) is 3. The molecule has 0 saturated carbocycles. The van der Waals surface area contributed by atoms with Crippen molar-refractivity contribution >= 4 is 6.16 Å². The Labute approximate surface area is 95.4 Å². The highest BCUT2D eigenvalue weighted by molar-refractivity contribution is 5.53. The predicted octanol–water partition coefficient (Wildman–Crippen LogP) is 2.07. The lowest BCUT2D eigenvalue weighted by molar-refractivity contribution is -0.148. The Morgan fingerprint density at radius 2 is 1.81 bits per heavy atom. The second kappa shape index (κ2) is 8.94. The fourth-order valence-corrected chi connectivity index (χ4v) is 1.08. The SMILES string of the molecule is C=CC(CCCC)C(O)(O)C=C.O=C(O)O. The van der Waals surface area contributed by atoms with E-state index in [0.717, 1.165) is 25.3 Å². The van der Waals surface area contributed by atoms with Crippen LogP contribution >= 0.6 is 0 Å². The van der Waals surface area contributed by atoms with Crippen LogP contribution in [0.15, 0.2) is 25.3 Å². The van der Waals surface area contributed by atoms with Crippen LogP contribution in [0.4, 0.5) is 4.79 Å². The highest BCUT2D eigenvalue weighted by Crippen LogP contribution is 2.22. The van der Waals surface area contributed by atoms with Crippen molar-refractivity contribution in [1.82, 2.24) is 0 Å². The van der Waals surface area contributed by atoms with Gasteiger partial charge in [-0.1, -0.05) is 32.4 Å². The molecule has 1 unspecified atom stereocenters. The Hall–Kier alpha value is -1.33. The highest BCUT2D eigenvalue weighted by Gasteiger charge is 2.27. The molecule has 0 aliphatic rings. The molecule has 0 aromatic heterocycles. The van der Waals surface area contributed by atoms with Crippen molar-refractivity contribution in [2.24, 2.45) is 5.92 Å². The average Bonchev–Trinajstić information content (AvgIpc) is 2.18. The second-order valence-electron chi connectivity index (χ2n) is 3.25. The van der Waals surface area contributed by atoms with Crippen LogP contribution in [0.5, 0.6) is 0 Å². The smallest absolute Gasteiger partial charge is 0.450 e. The molecule has 1 atom stereocenters. The predicted molar refractivity (Wildman–Crippen MR) is 61.2 cm³/mol. The quantitative estimate of drug-likeness (QED) is 0.415. The van der Waals surface area contributed by atoms with Crippen LogP contribution in [0.3, 0.4) is 0 Å². The molecule has 0 heterocycles. The number of rotatable bonds is 6. The summed E-state index contributed by atoms with van der Waals surface area (Å²) in [5, 5.41) is 32.7. The molecule has 0 rings (SSSR count). The van der Waals surface area contributed by atoms with Crippen LogP contribution in [0.1, 0.15) is 26.2 Å². The minimum atomic E-state index is -1.83. The maximum Gasteiger partial charge on any atom is 0.503 e. The van der Waals surface area contributed by atoms with Crippen molar-refractivity contribution in [3.8, 4) is 0 Å². The monoisotopic (exact) mass is 232 g/mol. The van der Waals surface area contributed by atoms with Crippen LogP contribution in [-0.2, 0) is 0 Å². The van der Waals surface area contributed by atoms with Gasteiger partial charge in [-0.3, -0.25) is 0 Å². The zero-order valence-electron chi connectivity index (χ0n) is 9.46. The van der Waals surface area contributed by atoms with Gasteiger partial charge in [-0.2, -0.15) is 0 Å². The van der Waals surface area contributed by atoms with Crippen molar-refractivity contribution in [2.45, 2.75) is 32.0 Å². The van der Waals surface area contributed by atoms with Gasteiger partial charge in [0.05, 0.1) is 0 Å². The Balaban J connectivity index is 0. The van der Waals surface area contributed by atoms with E-state index in [4.69, 9.17) is 15.0 Å². The van der Waals surface area contributed by atoms with Gasteiger partial charge in [0.1, 0.15) is 0 Å². The standard InChI is InChI=1S/C10H18O2.CH2O3/c1-4-7-8-9(5-2)10(11,12)6-3;2-1(3)4/h5-6,9,11-12H,2-4,7-8H2,1H3;(H2,2,3,4). The summed E-state index contributed by atoms with van der Waals surface area (Å²) in [6.07, 6.45) is 3.62. The summed E-state index contributed by atoms with van der Waals surface area (Å²) in [4.78, 5) is 8.56. The van der Waals surface area contributed by atoms with Gasteiger partial charge >= 0.3 is 6.16 Å². The zero-order chi connectivity index (χ0) is 13.2. The van der Waals surface area contributed by atoms with Gasteiger partial charge in [0.2, 0.25) is 0 Å². The zero-order valence-corrected chi connectivity index (χ0v) is 9.46. The van der Waals surface area contributed by atoms with E-state index < -0.39 is 11.9 Å². The first-order valence-electron chi connectivity index (χ1n) is 4.94. The molecule has 5 nitrogen and oxygen atoms in total. The topological polar surface area (TPSA) is 98.0 Å². The molecule has 4 N–H and O–H groups in total. The summed E-state index contributed by atoms with van der Waals surface area (Å²) in [5.41, 5.74) is 0. The number of hydrogen-bond donors (Lipinski definition) is 4. The third-order valence-electron chi connectivity index (χ3n) is 2.00. The lowest BCUT2D eigenvalue weighted by Gasteiger charge is -2.25. The third-order valence-corrected chi connectivity index (χ3v) is 2.00. The number of carbonyl (C=O) groups is 1. The molecule has 0 bridgehead atoms. The van der Waals surface area contributed by atoms with Crippen LogP contribution in [0, 0.1) is 5.92 Å². The number of carboxylic acid groups (broad SMARTS) is 2. The van der Waals surface area contributed by atoms with Crippen LogP contribution in [0.2, 0.25) is 0 Å². The van der Waals surface area contributed by atoms with E-state index in [-0.39, 0.29) is 5.92 Å². The first-order valence-corrected chi connectivity index (χ1v) is 4.94. The lowest BCUT2D eigenvalue weighted by atomic mass is 9.93. The van der Waals surface area contributed by atoms with Crippen LogP contribution in [0.25, 0.3) is 0 Å². The van der Waals surface area contributed by atoms with Gasteiger partial charge in [-0.05, 0) is 12.5 Å². The van der Waals surface area contributed by atoms with E-state index in [1.807, 2.05) is 0 Å². The molecule has 0 saturated heterocycles. The third kappa shape index (κ3) is 9.23. The Morgan fingerprint density at radius 1 is 1.38 bits per heavy atom. The van der Waals surface area contributed by atoms with Gasteiger partial charge in [0.15, 0.2) is 5.79 Å². The van der Waals surface area contributed by atoms with Crippen molar-refractivity contribution in [2.75, 3.05) is 0 Å². The van der Waals surface area contributed by atoms with Gasteiger partial charge < -0.3 is 20.4 Å². The first-order chi connectivity index (χ1) is 7.31. The molecule has 0 amide bonds. The van der Waals surface area contributed by atoms with Gasteiger partial charge in [-0.25, -0.2) is 4.79 Å². The number of aliphatic hydroxyl groups is 2. The second-order valence-corrected chi connectivity index (χ2v) is 3.25. The molecule has 0 fully saturated rings. The highest BCUT2D eigenvalue weighted by atomic mass is 16.6. The molecule has 94 valence electrons. The molecule has 0 aliphatic heterocycles. The van der Waals surface area contributed by atoms with Crippen LogP contribution in [-0.4, -0.2) is 32.4 Å². The Bertz CT molecular complexity index is 218. The molecular formula is C11H20O5. The van der Waals surface area contributed by atoms with E-state index in [2.05, 4.69) is 20.1 Å². The van der Waals surface area contributed by atoms with E-state index in [1.165, 1.54) is 0 Å². The van der Waals surface area contributed by atoms with E-state index in [0.29, 0.717) is 0 Å². The van der Waals surface area contributed by atoms with Gasteiger partial charge in [0, 0.05) is 5.92 Å². The van der Waals surface area contributed by atoms with E-state index >= 15 is 0 Å². The summed E-state index contributed by atoms with van der Waals surface area (Å²) < 4.78 is 0. The van der Waals surface area contributed by atoms with Crippen molar-refractivity contribution in [3.63, 3.8) is 0 Å². The van der Waals surface area contributed by atoms with Crippen molar-refractivity contribution < 1.29 is 25.2 Å². The largest absolute Gasteiger partial charge is 0.503 e. The molecule has 0 aliphatic carbocycles.